The van der Waals surface area contributed by atoms with E-state index < -0.39 is 0 Å². The average Bonchev–Trinajstić information content (AvgIpc) is 3.14. The van der Waals surface area contributed by atoms with E-state index in [9.17, 15) is 0 Å². The lowest BCUT2D eigenvalue weighted by molar-refractivity contribution is 0.0504. The maximum atomic E-state index is 6.22. The Hall–Kier alpha value is -2.70. The van der Waals surface area contributed by atoms with Crippen molar-refractivity contribution in [2.24, 2.45) is 0 Å². The summed E-state index contributed by atoms with van der Waals surface area (Å²) in [6, 6.07) is 13.2. The van der Waals surface area contributed by atoms with Crippen LogP contribution in [0.2, 0.25) is 5.02 Å². The first-order valence-corrected chi connectivity index (χ1v) is 8.41. The number of hydrogen-bond acceptors (Lipinski definition) is 5. The molecule has 0 atom stereocenters. The van der Waals surface area contributed by atoms with Gasteiger partial charge in [0.1, 0.15) is 11.5 Å². The molecule has 0 aliphatic rings. The van der Waals surface area contributed by atoms with Gasteiger partial charge in [-0.1, -0.05) is 23.7 Å². The highest BCUT2D eigenvalue weighted by Crippen LogP contribution is 2.26. The smallest absolute Gasteiger partial charge is 0.188 e. The van der Waals surface area contributed by atoms with Gasteiger partial charge in [0.05, 0.1) is 35.9 Å². The predicted octanol–water partition coefficient (Wildman–Crippen LogP) is 4.13. The summed E-state index contributed by atoms with van der Waals surface area (Å²) in [5.41, 5.74) is 2.64. The fourth-order valence-corrected chi connectivity index (χ4v) is 2.69. The summed E-state index contributed by atoms with van der Waals surface area (Å²) in [5, 5.41) is 8.34. The molecule has 3 rings (SSSR count). The number of ether oxygens (including phenoxy) is 3. The van der Waals surface area contributed by atoms with E-state index in [-0.39, 0.29) is 6.79 Å². The van der Waals surface area contributed by atoms with Crippen LogP contribution in [-0.4, -0.2) is 30.8 Å². The molecule has 0 fully saturated rings. The van der Waals surface area contributed by atoms with Crippen molar-refractivity contribution in [3.63, 3.8) is 0 Å². The molecule has 0 aliphatic carbocycles. The fraction of sp³-hybridized carbons (Fsp3) is 0.211. The van der Waals surface area contributed by atoms with Gasteiger partial charge in [0.2, 0.25) is 0 Å². The zero-order chi connectivity index (χ0) is 18.4. The number of nitrogens with zero attached hydrogens (tertiary/aromatic N) is 2. The Morgan fingerprint density at radius 1 is 1.15 bits per heavy atom. The van der Waals surface area contributed by atoms with Gasteiger partial charge in [-0.25, -0.2) is 4.68 Å². The number of methoxy groups -OCH3 is 2. The average molecular weight is 374 g/mol. The number of benzene rings is 2. The number of halogens is 1. The van der Waals surface area contributed by atoms with Crippen molar-refractivity contribution < 1.29 is 14.2 Å². The number of anilines is 1. The molecule has 0 bridgehead atoms. The van der Waals surface area contributed by atoms with Gasteiger partial charge in [0.25, 0.3) is 0 Å². The van der Waals surface area contributed by atoms with E-state index in [2.05, 4.69) is 10.4 Å². The molecule has 0 unspecified atom stereocenters. The second-order valence-corrected chi connectivity index (χ2v) is 5.91. The summed E-state index contributed by atoms with van der Waals surface area (Å²) >= 11 is 6.22. The van der Waals surface area contributed by atoms with E-state index in [0.29, 0.717) is 11.6 Å². The quantitative estimate of drug-likeness (QED) is 0.602. The normalized spacial score (nSPS) is 10.6. The van der Waals surface area contributed by atoms with Gasteiger partial charge in [-0.15, -0.1) is 0 Å². The predicted molar refractivity (Wildman–Crippen MR) is 101 cm³/mol. The Labute approximate surface area is 157 Å². The van der Waals surface area contributed by atoms with Gasteiger partial charge in [-0.05, 0) is 30.3 Å². The molecule has 0 aliphatic heterocycles. The molecule has 26 heavy (non-hydrogen) atoms. The molecule has 1 N–H and O–H groups in total. The first-order chi connectivity index (χ1) is 12.7. The molecular weight excluding hydrogens is 354 g/mol. The number of nitrogens with one attached hydrogen (secondary N) is 1. The van der Waals surface area contributed by atoms with Gasteiger partial charge in [-0.2, -0.15) is 5.10 Å². The van der Waals surface area contributed by atoms with Gasteiger partial charge >= 0.3 is 0 Å². The van der Waals surface area contributed by atoms with Crippen molar-refractivity contribution in [2.45, 2.75) is 6.54 Å². The highest BCUT2D eigenvalue weighted by molar-refractivity contribution is 6.32. The van der Waals surface area contributed by atoms with Crippen LogP contribution in [-0.2, 0) is 11.3 Å². The highest BCUT2D eigenvalue weighted by atomic mass is 35.5. The van der Waals surface area contributed by atoms with Gasteiger partial charge in [-0.3, -0.25) is 0 Å². The van der Waals surface area contributed by atoms with Crippen LogP contribution < -0.4 is 14.8 Å². The molecule has 3 aromatic rings. The third kappa shape index (κ3) is 4.28. The van der Waals surface area contributed by atoms with Gasteiger partial charge < -0.3 is 19.5 Å². The zero-order valence-corrected chi connectivity index (χ0v) is 15.4. The summed E-state index contributed by atoms with van der Waals surface area (Å²) in [5.74, 6) is 1.50. The Kier molecular flexibility index (Phi) is 5.99. The number of rotatable bonds is 8. The summed E-state index contributed by atoms with van der Waals surface area (Å²) in [7, 11) is 3.22. The standard InChI is InChI=1S/C19H20ClN3O3/c1-24-13-26-19-8-7-16(25-2)9-14(19)10-21-15-11-22-23(12-15)18-6-4-3-5-17(18)20/h3-9,11-12,21H,10,13H2,1-2H3. The van der Waals surface area contributed by atoms with Crippen LogP contribution in [0.15, 0.2) is 54.9 Å². The minimum absolute atomic E-state index is 0.184. The van der Waals surface area contributed by atoms with Crippen LogP contribution >= 0.6 is 11.6 Å². The molecule has 1 heterocycles. The van der Waals surface area contributed by atoms with Crippen LogP contribution in [0.5, 0.6) is 11.5 Å². The maximum Gasteiger partial charge on any atom is 0.188 e. The summed E-state index contributed by atoms with van der Waals surface area (Å²) in [6.45, 7) is 0.730. The monoisotopic (exact) mass is 373 g/mol. The van der Waals surface area contributed by atoms with Crippen LogP contribution in [0.4, 0.5) is 5.69 Å². The maximum absolute atomic E-state index is 6.22. The van der Waals surface area contributed by atoms with E-state index in [0.717, 1.165) is 28.4 Å². The first kappa shape index (κ1) is 18.1. The van der Waals surface area contributed by atoms with Crippen molar-refractivity contribution in [2.75, 3.05) is 26.3 Å². The molecular formula is C19H20ClN3O3. The topological polar surface area (TPSA) is 57.5 Å². The molecule has 0 radical (unpaired) electrons. The second-order valence-electron chi connectivity index (χ2n) is 5.50. The molecule has 0 saturated carbocycles. The van der Waals surface area contributed by atoms with Crippen LogP contribution in [0.1, 0.15) is 5.56 Å². The largest absolute Gasteiger partial charge is 0.497 e. The zero-order valence-electron chi connectivity index (χ0n) is 14.6. The van der Waals surface area contributed by atoms with E-state index in [1.165, 1.54) is 0 Å². The van der Waals surface area contributed by atoms with E-state index in [1.54, 1.807) is 25.1 Å². The van der Waals surface area contributed by atoms with Gasteiger partial charge in [0.15, 0.2) is 6.79 Å². The third-order valence-corrected chi connectivity index (χ3v) is 4.08. The molecule has 136 valence electrons. The van der Waals surface area contributed by atoms with Crippen molar-refractivity contribution in [1.29, 1.82) is 0 Å². The van der Waals surface area contributed by atoms with Crippen LogP contribution in [0, 0.1) is 0 Å². The molecule has 1 aromatic heterocycles. The Balaban J connectivity index is 1.74. The molecule has 6 nitrogen and oxygen atoms in total. The second kappa shape index (κ2) is 8.60. The van der Waals surface area contributed by atoms with Crippen LogP contribution in [0.3, 0.4) is 0 Å². The lowest BCUT2D eigenvalue weighted by atomic mass is 10.2. The lowest BCUT2D eigenvalue weighted by Gasteiger charge is -2.13. The van der Waals surface area contributed by atoms with Crippen molar-refractivity contribution >= 4 is 17.3 Å². The van der Waals surface area contributed by atoms with E-state index in [1.807, 2.05) is 48.7 Å². The highest BCUT2D eigenvalue weighted by Gasteiger charge is 2.08. The Bertz CT molecular complexity index is 867. The number of hydrogen-bond donors (Lipinski definition) is 1. The van der Waals surface area contributed by atoms with Crippen molar-refractivity contribution in [3.05, 3.63) is 65.4 Å². The SMILES string of the molecule is COCOc1ccc(OC)cc1CNc1cnn(-c2ccccc2Cl)c1. The Morgan fingerprint density at radius 3 is 2.77 bits per heavy atom. The summed E-state index contributed by atoms with van der Waals surface area (Å²) < 4.78 is 17.6. The number of aromatic nitrogens is 2. The molecule has 7 heteroatoms. The van der Waals surface area contributed by atoms with E-state index in [4.69, 9.17) is 25.8 Å². The Morgan fingerprint density at radius 2 is 2.00 bits per heavy atom. The number of para-hydroxylation sites is 1. The van der Waals surface area contributed by atoms with E-state index >= 15 is 0 Å². The lowest BCUT2D eigenvalue weighted by Crippen LogP contribution is -2.05. The van der Waals surface area contributed by atoms with Crippen molar-refractivity contribution in [3.8, 4) is 17.2 Å². The molecule has 0 spiro atoms. The van der Waals surface area contributed by atoms with Crippen LogP contribution in [0.25, 0.3) is 5.69 Å². The summed E-state index contributed by atoms with van der Waals surface area (Å²) in [4.78, 5) is 0. The van der Waals surface area contributed by atoms with Crippen molar-refractivity contribution in [1.82, 2.24) is 9.78 Å². The first-order valence-electron chi connectivity index (χ1n) is 8.03. The minimum atomic E-state index is 0.184. The molecule has 2 aromatic carbocycles. The fourth-order valence-electron chi connectivity index (χ4n) is 2.46. The molecule has 0 amide bonds. The molecule has 0 saturated heterocycles. The minimum Gasteiger partial charge on any atom is -0.497 e. The third-order valence-electron chi connectivity index (χ3n) is 3.76. The summed E-state index contributed by atoms with van der Waals surface area (Å²) in [6.07, 6.45) is 3.64. The van der Waals surface area contributed by atoms with Gasteiger partial charge in [0, 0.05) is 19.2 Å².